The maximum absolute atomic E-state index is 12.6. The number of anilines is 1. The first kappa shape index (κ1) is 23.1. The molecule has 0 spiro atoms. The number of hydrogen-bond donors (Lipinski definition) is 1. The van der Waals surface area contributed by atoms with Gasteiger partial charge in [0.05, 0.1) is 36.6 Å². The zero-order valence-corrected chi connectivity index (χ0v) is 20.3. The van der Waals surface area contributed by atoms with Crippen molar-refractivity contribution >= 4 is 17.6 Å². The molecule has 3 atom stereocenters. The Balaban J connectivity index is 1.33. The van der Waals surface area contributed by atoms with E-state index in [1.165, 1.54) is 7.11 Å². The summed E-state index contributed by atoms with van der Waals surface area (Å²) < 4.78 is 5.21. The Morgan fingerprint density at radius 3 is 2.56 bits per heavy atom. The average Bonchev–Trinajstić information content (AvgIpc) is 2.86. The Morgan fingerprint density at radius 1 is 1.26 bits per heavy atom. The van der Waals surface area contributed by atoms with E-state index in [0.29, 0.717) is 30.0 Å². The normalized spacial score (nSPS) is 35.0. The van der Waals surface area contributed by atoms with Gasteiger partial charge in [-0.2, -0.15) is 5.26 Å². The van der Waals surface area contributed by atoms with E-state index < -0.39 is 5.54 Å². The predicted molar refractivity (Wildman–Crippen MR) is 130 cm³/mol. The predicted octanol–water partition coefficient (Wildman–Crippen LogP) is 2.60. The molecule has 4 aliphatic carbocycles. The van der Waals surface area contributed by atoms with E-state index in [1.807, 2.05) is 24.4 Å². The second-order valence-electron chi connectivity index (χ2n) is 11.0. The molecule has 8 nitrogen and oxygen atoms in total. The molecule has 2 N–H and O–H groups in total. The molecule has 1 aromatic rings. The number of pyridine rings is 1. The Morgan fingerprint density at radius 2 is 1.97 bits per heavy atom. The molecule has 182 valence electrons. The van der Waals surface area contributed by atoms with Gasteiger partial charge >= 0.3 is 5.97 Å². The van der Waals surface area contributed by atoms with Gasteiger partial charge in [-0.15, -0.1) is 0 Å². The number of piperazine rings is 1. The van der Waals surface area contributed by atoms with Crippen LogP contribution in [0.4, 0.5) is 5.82 Å². The molecule has 1 saturated heterocycles. The van der Waals surface area contributed by atoms with Crippen LogP contribution >= 0.6 is 0 Å². The van der Waals surface area contributed by atoms with E-state index in [9.17, 15) is 10.1 Å². The third-order valence-electron chi connectivity index (χ3n) is 9.06. The van der Waals surface area contributed by atoms with Crippen molar-refractivity contribution in [1.82, 2.24) is 9.88 Å². The van der Waals surface area contributed by atoms with E-state index in [0.717, 1.165) is 64.1 Å². The van der Waals surface area contributed by atoms with Gasteiger partial charge < -0.3 is 15.4 Å². The van der Waals surface area contributed by atoms with Crippen LogP contribution in [0.15, 0.2) is 29.4 Å². The Labute approximate surface area is 202 Å². The molecule has 5 aliphatic rings. The van der Waals surface area contributed by atoms with Gasteiger partial charge in [-0.1, -0.05) is 6.07 Å². The van der Waals surface area contributed by atoms with Crippen LogP contribution in [0.2, 0.25) is 0 Å². The maximum Gasteiger partial charge on any atom is 0.311 e. The van der Waals surface area contributed by atoms with Crippen molar-refractivity contribution in [3.63, 3.8) is 0 Å². The molecule has 5 fully saturated rings. The monoisotopic (exact) mass is 464 g/mol. The minimum absolute atomic E-state index is 0.0394. The minimum Gasteiger partial charge on any atom is -0.469 e. The number of esters is 1. The average molecular weight is 465 g/mol. The van der Waals surface area contributed by atoms with Crippen molar-refractivity contribution in [2.75, 3.05) is 38.2 Å². The topological polar surface area (TPSA) is 108 Å². The lowest BCUT2D eigenvalue weighted by atomic mass is 9.48. The fraction of sp³-hybridized carbons (Fsp3) is 0.692. The highest BCUT2D eigenvalue weighted by molar-refractivity contribution is 5.90. The van der Waals surface area contributed by atoms with Crippen molar-refractivity contribution < 1.29 is 9.53 Å². The van der Waals surface area contributed by atoms with E-state index in [4.69, 9.17) is 15.5 Å². The molecular formula is C26H36N6O2. The highest BCUT2D eigenvalue weighted by Crippen LogP contribution is 2.61. The van der Waals surface area contributed by atoms with Crippen molar-refractivity contribution in [2.24, 2.45) is 33.9 Å². The lowest BCUT2D eigenvalue weighted by Gasteiger charge is -2.57. The van der Waals surface area contributed by atoms with Gasteiger partial charge in [-0.25, -0.2) is 4.98 Å². The first-order chi connectivity index (χ1) is 16.4. The number of hydrogen-bond acceptors (Lipinski definition) is 7. The summed E-state index contributed by atoms with van der Waals surface area (Å²) in [5, 5.41) is 9.68. The molecule has 0 amide bonds. The SMILES string of the molecule is COC(=O)C12CC3CC(C1)C(N=C(N)C(C)(CC#N)N1CCN(c4ccccn4)CC1)C(C3)C2. The van der Waals surface area contributed by atoms with Crippen molar-refractivity contribution in [2.45, 2.75) is 57.0 Å². The van der Waals surface area contributed by atoms with Crippen LogP contribution in [0.3, 0.4) is 0 Å². The minimum atomic E-state index is -0.598. The van der Waals surface area contributed by atoms with Crippen LogP contribution in [-0.2, 0) is 9.53 Å². The first-order valence-electron chi connectivity index (χ1n) is 12.6. The summed E-state index contributed by atoms with van der Waals surface area (Å²) in [5.41, 5.74) is 5.84. The van der Waals surface area contributed by atoms with Crippen LogP contribution in [0.25, 0.3) is 0 Å². The van der Waals surface area contributed by atoms with Crippen molar-refractivity contribution in [1.29, 1.82) is 5.26 Å². The summed E-state index contributed by atoms with van der Waals surface area (Å²) in [6.07, 6.45) is 7.04. The zero-order valence-electron chi connectivity index (χ0n) is 20.3. The van der Waals surface area contributed by atoms with Crippen LogP contribution in [0.5, 0.6) is 0 Å². The fourth-order valence-electron chi connectivity index (χ4n) is 7.46. The van der Waals surface area contributed by atoms with Crippen LogP contribution in [0.1, 0.15) is 45.4 Å². The first-order valence-corrected chi connectivity index (χ1v) is 12.6. The number of nitrogens with zero attached hydrogens (tertiary/aromatic N) is 5. The molecule has 8 heteroatoms. The molecule has 34 heavy (non-hydrogen) atoms. The molecule has 2 heterocycles. The Hall–Kier alpha value is -2.66. The van der Waals surface area contributed by atoms with Gasteiger partial charge in [0, 0.05) is 32.4 Å². The fourth-order valence-corrected chi connectivity index (χ4v) is 7.46. The zero-order chi connectivity index (χ0) is 23.9. The molecule has 0 aromatic carbocycles. The molecule has 4 bridgehead atoms. The molecule has 3 unspecified atom stereocenters. The lowest BCUT2D eigenvalue weighted by Crippen LogP contribution is -2.62. The van der Waals surface area contributed by atoms with E-state index in [1.54, 1.807) is 0 Å². The smallest absolute Gasteiger partial charge is 0.311 e. The van der Waals surface area contributed by atoms with Crippen LogP contribution in [-0.4, -0.2) is 66.6 Å². The second kappa shape index (κ2) is 8.84. The quantitative estimate of drug-likeness (QED) is 0.392. The summed E-state index contributed by atoms with van der Waals surface area (Å²) >= 11 is 0. The van der Waals surface area contributed by atoms with Crippen molar-refractivity contribution in [3.05, 3.63) is 24.4 Å². The molecule has 6 rings (SSSR count). The maximum atomic E-state index is 12.6. The summed E-state index contributed by atoms with van der Waals surface area (Å²) in [6.45, 7) is 5.34. The third-order valence-corrected chi connectivity index (χ3v) is 9.06. The number of rotatable bonds is 6. The van der Waals surface area contributed by atoms with Gasteiger partial charge in [0.2, 0.25) is 0 Å². The number of aliphatic imine (C=N–C) groups is 1. The number of nitriles is 1. The molecule has 1 aromatic heterocycles. The number of nitrogens with two attached hydrogens (primary N) is 1. The third kappa shape index (κ3) is 3.84. The van der Waals surface area contributed by atoms with Gasteiger partial charge in [0.15, 0.2) is 0 Å². The van der Waals surface area contributed by atoms with Crippen LogP contribution < -0.4 is 10.6 Å². The molecule has 4 saturated carbocycles. The number of ether oxygens (including phenoxy) is 1. The highest BCUT2D eigenvalue weighted by atomic mass is 16.5. The lowest BCUT2D eigenvalue weighted by molar-refractivity contribution is -0.169. The number of carbonyl (C=O) groups is 1. The Bertz CT molecular complexity index is 967. The molecule has 1 aliphatic heterocycles. The summed E-state index contributed by atoms with van der Waals surface area (Å²) in [7, 11) is 1.51. The number of amidine groups is 1. The number of aromatic nitrogens is 1. The summed E-state index contributed by atoms with van der Waals surface area (Å²) in [4.78, 5) is 26.9. The van der Waals surface area contributed by atoms with Crippen LogP contribution in [0, 0.1) is 34.5 Å². The number of methoxy groups -OCH3 is 1. The summed E-state index contributed by atoms with van der Waals surface area (Å²) in [6, 6.07) is 8.48. The molecular weight excluding hydrogens is 428 g/mol. The van der Waals surface area contributed by atoms with E-state index in [2.05, 4.69) is 27.8 Å². The van der Waals surface area contributed by atoms with E-state index in [-0.39, 0.29) is 17.4 Å². The number of carbonyl (C=O) groups excluding carboxylic acids is 1. The Kier molecular flexibility index (Phi) is 6.01. The second-order valence-corrected chi connectivity index (χ2v) is 11.0. The van der Waals surface area contributed by atoms with E-state index >= 15 is 0 Å². The summed E-state index contributed by atoms with van der Waals surface area (Å²) in [5.74, 6) is 2.85. The molecule has 0 radical (unpaired) electrons. The van der Waals surface area contributed by atoms with Gasteiger partial charge in [0.25, 0.3) is 0 Å². The van der Waals surface area contributed by atoms with Crippen molar-refractivity contribution in [3.8, 4) is 6.07 Å². The van der Waals surface area contributed by atoms with Gasteiger partial charge in [-0.3, -0.25) is 14.7 Å². The largest absolute Gasteiger partial charge is 0.469 e. The van der Waals surface area contributed by atoms with Gasteiger partial charge in [0.1, 0.15) is 11.7 Å². The highest BCUT2D eigenvalue weighted by Gasteiger charge is 2.59. The standard InChI is InChI=1S/C26H36N6O2/c1-25(6-7-27,32-11-9-31(10-12-32)21-5-3-4-8-29-21)23(28)30-22-19-13-18-14-20(22)17-26(15-18,16-19)24(33)34-2/h3-5,8,18-20,22H,6,9-17H2,1-2H3,(H2,28,30). The van der Waals surface area contributed by atoms with Gasteiger partial charge in [-0.05, 0) is 68.9 Å².